The van der Waals surface area contributed by atoms with Crippen molar-refractivity contribution in [1.82, 2.24) is 10.2 Å². The summed E-state index contributed by atoms with van der Waals surface area (Å²) >= 11 is 0. The third-order valence-corrected chi connectivity index (χ3v) is 4.11. The van der Waals surface area contributed by atoms with E-state index in [-0.39, 0.29) is 0 Å². The Balaban J connectivity index is 4.06. The largest absolute Gasteiger partial charge is 0.320 e. The maximum atomic E-state index is 3.25. The molecule has 2 heteroatoms. The van der Waals surface area contributed by atoms with E-state index in [0.29, 0.717) is 5.41 Å². The Morgan fingerprint density at radius 3 is 2.18 bits per heavy atom. The second-order valence-electron chi connectivity index (χ2n) is 6.68. The molecule has 0 saturated heterocycles. The summed E-state index contributed by atoms with van der Waals surface area (Å²) in [6.07, 6.45) is 3.93. The van der Waals surface area contributed by atoms with Crippen LogP contribution in [0.5, 0.6) is 0 Å². The quantitative estimate of drug-likeness (QED) is 0.668. The van der Waals surface area contributed by atoms with E-state index < -0.39 is 0 Å². The molecule has 0 rings (SSSR count). The fourth-order valence-corrected chi connectivity index (χ4v) is 2.43. The highest BCUT2D eigenvalue weighted by molar-refractivity contribution is 4.78. The van der Waals surface area contributed by atoms with Crippen LogP contribution in [0, 0.1) is 17.3 Å². The van der Waals surface area contributed by atoms with Crippen LogP contribution in [-0.4, -0.2) is 39.1 Å². The number of rotatable bonds is 9. The van der Waals surface area contributed by atoms with Gasteiger partial charge in [0.05, 0.1) is 0 Å². The highest BCUT2D eigenvalue weighted by atomic mass is 15.0. The molecule has 0 aromatic rings. The highest BCUT2D eigenvalue weighted by Crippen LogP contribution is 2.36. The predicted octanol–water partition coefficient (Wildman–Crippen LogP) is 3.24. The maximum absolute atomic E-state index is 3.25. The molecule has 0 radical (unpaired) electrons. The lowest BCUT2D eigenvalue weighted by Gasteiger charge is -2.35. The van der Waals surface area contributed by atoms with Gasteiger partial charge in [0.2, 0.25) is 0 Å². The van der Waals surface area contributed by atoms with Gasteiger partial charge in [0, 0.05) is 0 Å². The second-order valence-corrected chi connectivity index (χ2v) is 6.68. The monoisotopic (exact) mass is 242 g/mol. The molecule has 0 aliphatic carbocycles. The van der Waals surface area contributed by atoms with Gasteiger partial charge in [-0.3, -0.25) is 0 Å². The molecule has 0 bridgehead atoms. The van der Waals surface area contributed by atoms with E-state index in [0.717, 1.165) is 18.4 Å². The summed E-state index contributed by atoms with van der Waals surface area (Å²) in [7, 11) is 6.36. The smallest absolute Gasteiger partial charge is 0.00221 e. The average molecular weight is 242 g/mol. The lowest BCUT2D eigenvalue weighted by atomic mass is 9.72. The van der Waals surface area contributed by atoms with Crippen LogP contribution in [0.3, 0.4) is 0 Å². The van der Waals surface area contributed by atoms with E-state index >= 15 is 0 Å². The summed E-state index contributed by atoms with van der Waals surface area (Å²) in [4.78, 5) is 2.29. The van der Waals surface area contributed by atoms with E-state index in [1.54, 1.807) is 0 Å². The van der Waals surface area contributed by atoms with E-state index in [1.165, 1.54) is 25.8 Å². The lowest BCUT2D eigenvalue weighted by Crippen LogP contribution is -2.28. The number of hydrogen-bond donors (Lipinski definition) is 1. The molecule has 0 aromatic carbocycles. The predicted molar refractivity (Wildman–Crippen MR) is 78.4 cm³/mol. The Bertz CT molecular complexity index is 187. The van der Waals surface area contributed by atoms with Gasteiger partial charge in [-0.2, -0.15) is 0 Å². The van der Waals surface area contributed by atoms with Gasteiger partial charge in [-0.05, 0) is 70.7 Å². The molecule has 2 atom stereocenters. The second kappa shape index (κ2) is 8.10. The van der Waals surface area contributed by atoms with Crippen molar-refractivity contribution in [2.75, 3.05) is 34.2 Å². The first kappa shape index (κ1) is 16.9. The Kier molecular flexibility index (Phi) is 8.06. The van der Waals surface area contributed by atoms with E-state index in [4.69, 9.17) is 0 Å². The van der Waals surface area contributed by atoms with Crippen LogP contribution in [0.15, 0.2) is 0 Å². The van der Waals surface area contributed by atoms with Gasteiger partial charge < -0.3 is 10.2 Å². The van der Waals surface area contributed by atoms with Crippen LogP contribution < -0.4 is 5.32 Å². The summed E-state index contributed by atoms with van der Waals surface area (Å²) in [6, 6.07) is 0. The Hall–Kier alpha value is -0.0800. The fourth-order valence-electron chi connectivity index (χ4n) is 2.43. The highest BCUT2D eigenvalue weighted by Gasteiger charge is 2.27. The van der Waals surface area contributed by atoms with Gasteiger partial charge >= 0.3 is 0 Å². The van der Waals surface area contributed by atoms with Crippen molar-refractivity contribution in [1.29, 1.82) is 0 Å². The van der Waals surface area contributed by atoms with Crippen LogP contribution >= 0.6 is 0 Å². The summed E-state index contributed by atoms with van der Waals surface area (Å²) in [5.74, 6) is 1.61. The van der Waals surface area contributed by atoms with E-state index in [2.05, 4.69) is 52.0 Å². The third kappa shape index (κ3) is 7.77. The van der Waals surface area contributed by atoms with Crippen LogP contribution in [-0.2, 0) is 0 Å². The van der Waals surface area contributed by atoms with Crippen molar-refractivity contribution >= 4 is 0 Å². The zero-order valence-electron chi connectivity index (χ0n) is 13.1. The fraction of sp³-hybridized carbons (Fsp3) is 1.00. The summed E-state index contributed by atoms with van der Waals surface area (Å²) in [5, 5.41) is 3.25. The zero-order valence-corrected chi connectivity index (χ0v) is 13.1. The van der Waals surface area contributed by atoms with Gasteiger partial charge in [-0.1, -0.05) is 27.7 Å². The van der Waals surface area contributed by atoms with Crippen LogP contribution in [0.4, 0.5) is 0 Å². The molecule has 104 valence electrons. The van der Waals surface area contributed by atoms with Gasteiger partial charge in [0.15, 0.2) is 0 Å². The van der Waals surface area contributed by atoms with Crippen molar-refractivity contribution in [3.63, 3.8) is 0 Å². The van der Waals surface area contributed by atoms with Crippen molar-refractivity contribution in [2.24, 2.45) is 17.3 Å². The molecular weight excluding hydrogens is 208 g/mol. The third-order valence-electron chi connectivity index (χ3n) is 4.11. The number of nitrogens with one attached hydrogen (secondary N) is 1. The molecule has 0 heterocycles. The number of hydrogen-bond acceptors (Lipinski definition) is 2. The minimum Gasteiger partial charge on any atom is -0.320 e. The minimum absolute atomic E-state index is 0.461. The van der Waals surface area contributed by atoms with Crippen LogP contribution in [0.1, 0.15) is 47.0 Å². The topological polar surface area (TPSA) is 15.3 Å². The first-order chi connectivity index (χ1) is 7.79. The molecular formula is C15H34N2. The maximum Gasteiger partial charge on any atom is -0.00221 e. The van der Waals surface area contributed by atoms with Crippen molar-refractivity contribution in [3.05, 3.63) is 0 Å². The molecule has 2 nitrogen and oxygen atoms in total. The first-order valence-corrected chi connectivity index (χ1v) is 7.09. The molecule has 0 aromatic heterocycles. The van der Waals surface area contributed by atoms with Crippen molar-refractivity contribution in [2.45, 2.75) is 47.0 Å². The molecule has 0 amide bonds. The lowest BCUT2D eigenvalue weighted by molar-refractivity contribution is 0.156. The molecule has 17 heavy (non-hydrogen) atoms. The van der Waals surface area contributed by atoms with Gasteiger partial charge in [-0.25, -0.2) is 0 Å². The molecule has 0 unspecified atom stereocenters. The Morgan fingerprint density at radius 2 is 1.71 bits per heavy atom. The van der Waals surface area contributed by atoms with Gasteiger partial charge in [-0.15, -0.1) is 0 Å². The van der Waals surface area contributed by atoms with E-state index in [9.17, 15) is 0 Å². The van der Waals surface area contributed by atoms with Crippen molar-refractivity contribution < 1.29 is 0 Å². The Morgan fingerprint density at radius 1 is 1.12 bits per heavy atom. The first-order valence-electron chi connectivity index (χ1n) is 7.09. The number of nitrogens with zero attached hydrogens (tertiary/aromatic N) is 1. The molecule has 1 N–H and O–H groups in total. The molecule has 0 spiro atoms. The van der Waals surface area contributed by atoms with Gasteiger partial charge in [0.25, 0.3) is 0 Å². The normalized spacial score (nSPS) is 16.2. The van der Waals surface area contributed by atoms with Gasteiger partial charge in [0.1, 0.15) is 0 Å². The van der Waals surface area contributed by atoms with Crippen LogP contribution in [0.25, 0.3) is 0 Å². The SMILES string of the molecule is CNCC[C@H](C)CC(C)(C)[C@H](C)CCN(C)C. The summed E-state index contributed by atoms with van der Waals surface area (Å²) in [5.41, 5.74) is 0.461. The molecule has 0 fully saturated rings. The summed E-state index contributed by atoms with van der Waals surface area (Å²) < 4.78 is 0. The Labute approximate surface area is 109 Å². The van der Waals surface area contributed by atoms with Crippen LogP contribution in [0.2, 0.25) is 0 Å². The average Bonchev–Trinajstić information content (AvgIpc) is 2.22. The summed E-state index contributed by atoms with van der Waals surface area (Å²) in [6.45, 7) is 12.0. The van der Waals surface area contributed by atoms with Crippen molar-refractivity contribution in [3.8, 4) is 0 Å². The molecule has 0 aliphatic rings. The molecule has 0 aliphatic heterocycles. The zero-order chi connectivity index (χ0) is 13.5. The van der Waals surface area contributed by atoms with E-state index in [1.807, 2.05) is 7.05 Å². The minimum atomic E-state index is 0.461. The molecule has 0 saturated carbocycles. The standard InChI is InChI=1S/C15H34N2/c1-13(8-10-16-5)12-15(3,4)14(2)9-11-17(6)7/h13-14,16H,8-12H2,1-7H3/t13-,14+/m0/s1.